The number of nitrogen functional groups attached to an aromatic ring is 1. The van der Waals surface area contributed by atoms with Crippen molar-refractivity contribution in [1.29, 1.82) is 0 Å². The summed E-state index contributed by atoms with van der Waals surface area (Å²) in [6.45, 7) is 0. The monoisotopic (exact) mass is 257 g/mol. The summed E-state index contributed by atoms with van der Waals surface area (Å²) in [7, 11) is 3.11. The van der Waals surface area contributed by atoms with Crippen molar-refractivity contribution in [2.75, 3.05) is 20.0 Å². The fourth-order valence-corrected chi connectivity index (χ4v) is 1.78. The summed E-state index contributed by atoms with van der Waals surface area (Å²) in [6.07, 6.45) is 0. The third kappa shape index (κ3) is 2.68. The molecule has 2 aromatic carbocycles. The summed E-state index contributed by atoms with van der Waals surface area (Å²) in [6, 6.07) is 12.0. The van der Waals surface area contributed by atoms with Crippen molar-refractivity contribution in [2.45, 2.75) is 0 Å². The molecule has 0 aliphatic heterocycles. The summed E-state index contributed by atoms with van der Waals surface area (Å²) in [5, 5.41) is 0. The van der Waals surface area contributed by atoms with Gasteiger partial charge in [0.15, 0.2) is 5.78 Å². The van der Waals surface area contributed by atoms with E-state index in [1.165, 1.54) is 0 Å². The topological polar surface area (TPSA) is 61.5 Å². The number of hydrogen-bond acceptors (Lipinski definition) is 4. The zero-order valence-corrected chi connectivity index (χ0v) is 10.8. The van der Waals surface area contributed by atoms with Crippen LogP contribution in [0.1, 0.15) is 15.9 Å². The molecule has 0 aliphatic rings. The SMILES string of the molecule is COc1cccc(C(=O)c2cc(OC)ccc2N)c1. The highest BCUT2D eigenvalue weighted by Crippen LogP contribution is 2.23. The molecule has 0 fully saturated rings. The number of nitrogens with two attached hydrogens (primary N) is 1. The molecule has 0 atom stereocenters. The third-order valence-corrected chi connectivity index (χ3v) is 2.84. The average molecular weight is 257 g/mol. The van der Waals surface area contributed by atoms with Crippen molar-refractivity contribution in [3.8, 4) is 11.5 Å². The first kappa shape index (κ1) is 13.0. The van der Waals surface area contributed by atoms with Gasteiger partial charge in [-0.3, -0.25) is 4.79 Å². The first-order valence-electron chi connectivity index (χ1n) is 5.78. The van der Waals surface area contributed by atoms with Crippen LogP contribution in [-0.2, 0) is 0 Å². The van der Waals surface area contributed by atoms with Crippen LogP contribution < -0.4 is 15.2 Å². The highest BCUT2D eigenvalue weighted by molar-refractivity contribution is 6.12. The van der Waals surface area contributed by atoms with E-state index in [0.717, 1.165) is 0 Å². The van der Waals surface area contributed by atoms with Crippen LogP contribution in [0.25, 0.3) is 0 Å². The first-order valence-corrected chi connectivity index (χ1v) is 5.78. The number of hydrogen-bond donors (Lipinski definition) is 1. The highest BCUT2D eigenvalue weighted by Gasteiger charge is 2.14. The van der Waals surface area contributed by atoms with E-state index in [1.807, 2.05) is 0 Å². The molecule has 0 radical (unpaired) electrons. The van der Waals surface area contributed by atoms with Crippen molar-refractivity contribution in [2.24, 2.45) is 0 Å². The van der Waals surface area contributed by atoms with Gasteiger partial charge in [0.1, 0.15) is 11.5 Å². The molecule has 2 aromatic rings. The van der Waals surface area contributed by atoms with Crippen molar-refractivity contribution < 1.29 is 14.3 Å². The van der Waals surface area contributed by atoms with Crippen molar-refractivity contribution >= 4 is 11.5 Å². The second-order valence-electron chi connectivity index (χ2n) is 4.01. The maximum absolute atomic E-state index is 12.4. The minimum absolute atomic E-state index is 0.157. The van der Waals surface area contributed by atoms with Crippen LogP contribution in [0.4, 0.5) is 5.69 Å². The van der Waals surface area contributed by atoms with Crippen LogP contribution in [0.5, 0.6) is 11.5 Å². The lowest BCUT2D eigenvalue weighted by Crippen LogP contribution is -2.06. The van der Waals surface area contributed by atoms with Crippen LogP contribution in [0, 0.1) is 0 Å². The quantitative estimate of drug-likeness (QED) is 0.675. The van der Waals surface area contributed by atoms with Crippen LogP contribution in [0.2, 0.25) is 0 Å². The second-order valence-corrected chi connectivity index (χ2v) is 4.01. The molecule has 98 valence electrons. The van der Waals surface area contributed by atoms with Crippen LogP contribution in [-0.4, -0.2) is 20.0 Å². The summed E-state index contributed by atoms with van der Waals surface area (Å²) in [5.41, 5.74) is 7.22. The molecule has 2 N–H and O–H groups in total. The zero-order chi connectivity index (χ0) is 13.8. The number of ketones is 1. The van der Waals surface area contributed by atoms with Gasteiger partial charge in [-0.15, -0.1) is 0 Å². The van der Waals surface area contributed by atoms with Crippen LogP contribution >= 0.6 is 0 Å². The van der Waals surface area contributed by atoms with E-state index in [-0.39, 0.29) is 5.78 Å². The fraction of sp³-hybridized carbons (Fsp3) is 0.133. The lowest BCUT2D eigenvalue weighted by atomic mass is 10.0. The molecule has 0 unspecified atom stereocenters. The molecule has 0 saturated heterocycles. The second kappa shape index (κ2) is 5.44. The van der Waals surface area contributed by atoms with Gasteiger partial charge in [-0.1, -0.05) is 12.1 Å². The Morgan fingerprint density at radius 1 is 1.00 bits per heavy atom. The molecule has 0 heterocycles. The zero-order valence-electron chi connectivity index (χ0n) is 10.8. The summed E-state index contributed by atoms with van der Waals surface area (Å²) < 4.78 is 10.2. The van der Waals surface area contributed by atoms with E-state index in [1.54, 1.807) is 56.7 Å². The fourth-order valence-electron chi connectivity index (χ4n) is 1.78. The van der Waals surface area contributed by atoms with Crippen molar-refractivity contribution in [3.63, 3.8) is 0 Å². The van der Waals surface area contributed by atoms with Crippen LogP contribution in [0.3, 0.4) is 0 Å². The Labute approximate surface area is 111 Å². The molecular weight excluding hydrogens is 242 g/mol. The molecule has 0 bridgehead atoms. The highest BCUT2D eigenvalue weighted by atomic mass is 16.5. The van der Waals surface area contributed by atoms with E-state index in [0.29, 0.717) is 28.3 Å². The van der Waals surface area contributed by atoms with Crippen molar-refractivity contribution in [1.82, 2.24) is 0 Å². The van der Waals surface area contributed by atoms with Gasteiger partial charge in [-0.25, -0.2) is 0 Å². The molecule has 2 rings (SSSR count). The Bertz CT molecular complexity index is 608. The molecule has 0 aliphatic carbocycles. The Kier molecular flexibility index (Phi) is 3.71. The summed E-state index contributed by atoms with van der Waals surface area (Å²) in [5.74, 6) is 1.07. The van der Waals surface area contributed by atoms with E-state index in [2.05, 4.69) is 0 Å². The molecule has 4 heteroatoms. The molecule has 4 nitrogen and oxygen atoms in total. The maximum atomic E-state index is 12.4. The van der Waals surface area contributed by atoms with Crippen LogP contribution in [0.15, 0.2) is 42.5 Å². The van der Waals surface area contributed by atoms with E-state index >= 15 is 0 Å². The third-order valence-electron chi connectivity index (χ3n) is 2.84. The summed E-state index contributed by atoms with van der Waals surface area (Å²) >= 11 is 0. The van der Waals surface area contributed by atoms with Gasteiger partial charge in [-0.05, 0) is 30.3 Å². The molecular formula is C15H15NO3. The Balaban J connectivity index is 2.43. The van der Waals surface area contributed by atoms with Crippen molar-refractivity contribution in [3.05, 3.63) is 53.6 Å². The minimum atomic E-state index is -0.157. The number of ether oxygens (including phenoxy) is 2. The predicted octanol–water partition coefficient (Wildman–Crippen LogP) is 2.52. The number of benzene rings is 2. The molecule has 19 heavy (non-hydrogen) atoms. The standard InChI is InChI=1S/C15H15NO3/c1-18-11-5-3-4-10(8-11)15(17)13-9-12(19-2)6-7-14(13)16/h3-9H,16H2,1-2H3. The molecule has 0 saturated carbocycles. The van der Waals surface area contributed by atoms with E-state index in [4.69, 9.17) is 15.2 Å². The minimum Gasteiger partial charge on any atom is -0.497 e. The Morgan fingerprint density at radius 2 is 1.68 bits per heavy atom. The van der Waals surface area contributed by atoms with Gasteiger partial charge in [-0.2, -0.15) is 0 Å². The lowest BCUT2D eigenvalue weighted by molar-refractivity contribution is 0.103. The van der Waals surface area contributed by atoms with Gasteiger partial charge in [0, 0.05) is 16.8 Å². The number of anilines is 1. The van der Waals surface area contributed by atoms with Gasteiger partial charge < -0.3 is 15.2 Å². The average Bonchev–Trinajstić information content (AvgIpc) is 2.47. The predicted molar refractivity (Wildman–Crippen MR) is 73.8 cm³/mol. The summed E-state index contributed by atoms with van der Waals surface area (Å²) in [4.78, 5) is 12.4. The smallest absolute Gasteiger partial charge is 0.195 e. The number of rotatable bonds is 4. The number of carbonyl (C=O) groups excluding carboxylic acids is 1. The maximum Gasteiger partial charge on any atom is 0.195 e. The molecule has 0 amide bonds. The largest absolute Gasteiger partial charge is 0.497 e. The normalized spacial score (nSPS) is 10.0. The molecule has 0 aromatic heterocycles. The van der Waals surface area contributed by atoms with Gasteiger partial charge in [0.05, 0.1) is 14.2 Å². The molecule has 0 spiro atoms. The van der Waals surface area contributed by atoms with E-state index < -0.39 is 0 Å². The number of carbonyl (C=O) groups is 1. The number of methoxy groups -OCH3 is 2. The Hall–Kier alpha value is -2.49. The van der Waals surface area contributed by atoms with Gasteiger partial charge in [0.2, 0.25) is 0 Å². The van der Waals surface area contributed by atoms with E-state index in [9.17, 15) is 4.79 Å². The van der Waals surface area contributed by atoms with Gasteiger partial charge in [0.25, 0.3) is 0 Å². The lowest BCUT2D eigenvalue weighted by Gasteiger charge is -2.08. The Morgan fingerprint density at radius 3 is 2.37 bits per heavy atom. The first-order chi connectivity index (χ1) is 9.15. The van der Waals surface area contributed by atoms with Gasteiger partial charge >= 0.3 is 0 Å².